The zero-order valence-corrected chi connectivity index (χ0v) is 17.6. The van der Waals surface area contributed by atoms with E-state index in [1.807, 2.05) is 23.1 Å². The van der Waals surface area contributed by atoms with Gasteiger partial charge in [-0.1, -0.05) is 84.9 Å². The van der Waals surface area contributed by atoms with Crippen molar-refractivity contribution in [2.24, 2.45) is 0 Å². The molecule has 3 nitrogen and oxygen atoms in total. The standard InChI is InChI=1S/C29H22N2O/c32-20-31-27-12-4-2-8-24(27)19-30-18-6-13-28(30)29(31)23-16-14-22(15-17-23)26-11-5-9-21-7-1-3-10-25(21)26/h1-18,20,29H,19H2. The lowest BCUT2D eigenvalue weighted by atomic mass is 9.95. The maximum absolute atomic E-state index is 12.3. The van der Waals surface area contributed by atoms with Crippen LogP contribution in [0.2, 0.25) is 0 Å². The zero-order valence-electron chi connectivity index (χ0n) is 17.6. The van der Waals surface area contributed by atoms with Crippen molar-refractivity contribution in [2.45, 2.75) is 12.6 Å². The van der Waals surface area contributed by atoms with Gasteiger partial charge in [-0.05, 0) is 51.2 Å². The number of hydrogen-bond acceptors (Lipinski definition) is 1. The molecule has 1 aliphatic rings. The molecule has 32 heavy (non-hydrogen) atoms. The van der Waals surface area contributed by atoms with E-state index in [9.17, 15) is 4.79 Å². The second kappa shape index (κ2) is 7.54. The fourth-order valence-electron chi connectivity index (χ4n) is 4.95. The summed E-state index contributed by atoms with van der Waals surface area (Å²) in [6.07, 6.45) is 3.06. The van der Waals surface area contributed by atoms with Gasteiger partial charge in [-0.2, -0.15) is 0 Å². The Kier molecular flexibility index (Phi) is 4.39. The molecular formula is C29H22N2O. The van der Waals surface area contributed by atoms with Gasteiger partial charge in [0.2, 0.25) is 6.41 Å². The topological polar surface area (TPSA) is 25.2 Å². The van der Waals surface area contributed by atoms with Gasteiger partial charge in [-0.25, -0.2) is 0 Å². The first kappa shape index (κ1) is 18.6. The molecule has 0 bridgehead atoms. The summed E-state index contributed by atoms with van der Waals surface area (Å²) in [5, 5.41) is 2.48. The smallest absolute Gasteiger partial charge is 0.215 e. The highest BCUT2D eigenvalue weighted by atomic mass is 16.1. The van der Waals surface area contributed by atoms with E-state index in [-0.39, 0.29) is 6.04 Å². The number of nitrogens with zero attached hydrogens (tertiary/aromatic N) is 2. The van der Waals surface area contributed by atoms with Crippen molar-refractivity contribution in [2.75, 3.05) is 4.90 Å². The first-order chi connectivity index (χ1) is 15.8. The third-order valence-electron chi connectivity index (χ3n) is 6.47. The summed E-state index contributed by atoms with van der Waals surface area (Å²) in [7, 11) is 0. The number of benzene rings is 4. The Bertz CT molecular complexity index is 1430. The number of fused-ring (bicyclic) bond motifs is 3. The molecule has 1 aromatic heterocycles. The van der Waals surface area contributed by atoms with Gasteiger partial charge < -0.3 is 9.47 Å². The van der Waals surface area contributed by atoms with Crippen molar-refractivity contribution >= 4 is 22.9 Å². The predicted octanol–water partition coefficient (Wildman–Crippen LogP) is 6.42. The fourth-order valence-corrected chi connectivity index (χ4v) is 4.95. The molecular weight excluding hydrogens is 392 g/mol. The van der Waals surface area contributed by atoms with Crippen LogP contribution in [-0.2, 0) is 11.3 Å². The molecule has 3 heteroatoms. The Balaban J connectivity index is 1.47. The van der Waals surface area contributed by atoms with Gasteiger partial charge in [0.25, 0.3) is 0 Å². The Labute approximate surface area is 187 Å². The fraction of sp³-hybridized carbons (Fsp3) is 0.0690. The molecule has 0 radical (unpaired) electrons. The van der Waals surface area contributed by atoms with Crippen LogP contribution < -0.4 is 4.90 Å². The summed E-state index contributed by atoms with van der Waals surface area (Å²) in [6, 6.07) is 35.7. The highest BCUT2D eigenvalue weighted by Crippen LogP contribution is 2.38. The first-order valence-electron chi connectivity index (χ1n) is 10.9. The lowest BCUT2D eigenvalue weighted by Gasteiger charge is -2.28. The summed E-state index contributed by atoms with van der Waals surface area (Å²) < 4.78 is 2.24. The third kappa shape index (κ3) is 2.94. The van der Waals surface area contributed by atoms with Crippen molar-refractivity contribution in [3.05, 3.63) is 126 Å². The molecule has 6 rings (SSSR count). The van der Waals surface area contributed by atoms with Gasteiger partial charge >= 0.3 is 0 Å². The number of amides is 1. The van der Waals surface area contributed by atoms with Gasteiger partial charge in [0, 0.05) is 24.1 Å². The van der Waals surface area contributed by atoms with Gasteiger partial charge in [0.15, 0.2) is 0 Å². The summed E-state index contributed by atoms with van der Waals surface area (Å²) in [4.78, 5) is 14.2. The summed E-state index contributed by atoms with van der Waals surface area (Å²) >= 11 is 0. The molecule has 1 amide bonds. The second-order valence-electron chi connectivity index (χ2n) is 8.25. The van der Waals surface area contributed by atoms with Crippen molar-refractivity contribution in [3.8, 4) is 11.1 Å². The lowest BCUT2D eigenvalue weighted by molar-refractivity contribution is -0.107. The Morgan fingerprint density at radius 1 is 0.750 bits per heavy atom. The van der Waals surface area contributed by atoms with Crippen LogP contribution in [-0.4, -0.2) is 11.0 Å². The molecule has 0 N–H and O–H groups in total. The molecule has 0 saturated carbocycles. The molecule has 154 valence electrons. The highest BCUT2D eigenvalue weighted by molar-refractivity contribution is 5.96. The van der Waals surface area contributed by atoms with Crippen LogP contribution in [0.3, 0.4) is 0 Å². The monoisotopic (exact) mass is 414 g/mol. The molecule has 0 aliphatic carbocycles. The largest absolute Gasteiger partial charge is 0.345 e. The number of para-hydroxylation sites is 1. The number of rotatable bonds is 3. The van der Waals surface area contributed by atoms with E-state index in [1.165, 1.54) is 21.9 Å². The summed E-state index contributed by atoms with van der Waals surface area (Å²) in [5.41, 5.74) is 6.72. The average molecular weight is 415 g/mol. The molecule has 1 atom stereocenters. The number of anilines is 1. The van der Waals surface area contributed by atoms with E-state index in [1.54, 1.807) is 0 Å². The average Bonchev–Trinajstić information content (AvgIpc) is 3.25. The van der Waals surface area contributed by atoms with Crippen LogP contribution >= 0.6 is 0 Å². The van der Waals surface area contributed by atoms with Gasteiger partial charge in [0.05, 0.1) is 0 Å². The number of hydrogen-bond donors (Lipinski definition) is 0. The predicted molar refractivity (Wildman–Crippen MR) is 130 cm³/mol. The van der Waals surface area contributed by atoms with Crippen LogP contribution in [0.5, 0.6) is 0 Å². The van der Waals surface area contributed by atoms with E-state index in [0.717, 1.165) is 35.5 Å². The van der Waals surface area contributed by atoms with Crippen LogP contribution in [0.25, 0.3) is 21.9 Å². The van der Waals surface area contributed by atoms with Gasteiger partial charge in [0.1, 0.15) is 6.04 Å². The summed E-state index contributed by atoms with van der Waals surface area (Å²) in [6.45, 7) is 0.757. The SMILES string of the molecule is O=CN1c2ccccc2Cn2cccc2C1c1ccc(-c2cccc3ccccc23)cc1. The normalized spacial score (nSPS) is 15.1. The van der Waals surface area contributed by atoms with Crippen LogP contribution in [0.15, 0.2) is 109 Å². The molecule has 1 unspecified atom stereocenters. The number of carbonyl (C=O) groups excluding carboxylic acids is 1. The Morgan fingerprint density at radius 2 is 1.53 bits per heavy atom. The molecule has 4 aromatic carbocycles. The minimum atomic E-state index is -0.173. The van der Waals surface area contributed by atoms with E-state index in [0.29, 0.717) is 0 Å². The minimum absolute atomic E-state index is 0.173. The molecule has 2 heterocycles. The Hall–Kier alpha value is -4.11. The van der Waals surface area contributed by atoms with E-state index in [4.69, 9.17) is 0 Å². The highest BCUT2D eigenvalue weighted by Gasteiger charge is 2.29. The first-order valence-corrected chi connectivity index (χ1v) is 10.9. The quantitative estimate of drug-likeness (QED) is 0.313. The van der Waals surface area contributed by atoms with Gasteiger partial charge in [-0.3, -0.25) is 4.79 Å². The number of aromatic nitrogens is 1. The van der Waals surface area contributed by atoms with E-state index < -0.39 is 0 Å². The van der Waals surface area contributed by atoms with Crippen molar-refractivity contribution < 1.29 is 4.79 Å². The van der Waals surface area contributed by atoms with Crippen molar-refractivity contribution in [1.29, 1.82) is 0 Å². The third-order valence-corrected chi connectivity index (χ3v) is 6.47. The molecule has 1 aliphatic heterocycles. The zero-order chi connectivity index (χ0) is 21.5. The van der Waals surface area contributed by atoms with Crippen molar-refractivity contribution in [3.63, 3.8) is 0 Å². The van der Waals surface area contributed by atoms with E-state index >= 15 is 0 Å². The maximum atomic E-state index is 12.3. The second-order valence-corrected chi connectivity index (χ2v) is 8.25. The summed E-state index contributed by atoms with van der Waals surface area (Å²) in [5.74, 6) is 0. The van der Waals surface area contributed by atoms with Crippen LogP contribution in [0.4, 0.5) is 5.69 Å². The van der Waals surface area contributed by atoms with Gasteiger partial charge in [-0.15, -0.1) is 0 Å². The van der Waals surface area contributed by atoms with Crippen LogP contribution in [0, 0.1) is 0 Å². The molecule has 0 saturated heterocycles. The molecule has 0 fully saturated rings. The lowest BCUT2D eigenvalue weighted by Crippen LogP contribution is -2.28. The molecule has 5 aromatic rings. The number of carbonyl (C=O) groups is 1. The Morgan fingerprint density at radius 3 is 2.41 bits per heavy atom. The maximum Gasteiger partial charge on any atom is 0.215 e. The van der Waals surface area contributed by atoms with E-state index in [2.05, 4.69) is 95.7 Å². The minimum Gasteiger partial charge on any atom is -0.345 e. The van der Waals surface area contributed by atoms with Crippen molar-refractivity contribution in [1.82, 2.24) is 4.57 Å². The molecule has 0 spiro atoms. The van der Waals surface area contributed by atoms with Crippen LogP contribution in [0.1, 0.15) is 22.9 Å².